The van der Waals surface area contributed by atoms with Crippen LogP contribution in [0.5, 0.6) is 0 Å². The van der Waals surface area contributed by atoms with Crippen molar-refractivity contribution in [3.63, 3.8) is 0 Å². The van der Waals surface area contributed by atoms with Gasteiger partial charge in [0.25, 0.3) is 0 Å². The lowest BCUT2D eigenvalue weighted by Gasteiger charge is -2.49. The average molecular weight is 310 g/mol. The van der Waals surface area contributed by atoms with Gasteiger partial charge in [0.15, 0.2) is 0 Å². The standard InChI is InChI=1S/C17H35N5/c1-17(2,18)11-21-16-14-5-8-20-10-13(14)9-15(22-16)12-3-6-19-7-4-12/h12-16,19-22H,3-11,18H2,1-2H3. The smallest absolute Gasteiger partial charge is 0.0607 e. The summed E-state index contributed by atoms with van der Waals surface area (Å²) in [6.45, 7) is 9.80. The summed E-state index contributed by atoms with van der Waals surface area (Å²) in [5.74, 6) is 2.40. The van der Waals surface area contributed by atoms with Gasteiger partial charge in [-0.3, -0.25) is 10.6 Å². The second-order valence-corrected chi connectivity index (χ2v) is 8.36. The highest BCUT2D eigenvalue weighted by Gasteiger charge is 2.41. The molecular weight excluding hydrogens is 274 g/mol. The van der Waals surface area contributed by atoms with Gasteiger partial charge in [-0.2, -0.15) is 0 Å². The van der Waals surface area contributed by atoms with E-state index >= 15 is 0 Å². The fourth-order valence-electron chi connectivity index (χ4n) is 4.55. The van der Waals surface area contributed by atoms with Crippen LogP contribution in [0.15, 0.2) is 0 Å². The Hall–Kier alpha value is -0.200. The molecule has 0 aliphatic carbocycles. The molecular formula is C17H35N5. The molecule has 0 aromatic heterocycles. The van der Waals surface area contributed by atoms with Crippen molar-refractivity contribution in [2.75, 3.05) is 32.7 Å². The summed E-state index contributed by atoms with van der Waals surface area (Å²) in [6.07, 6.45) is 5.68. The molecule has 128 valence electrons. The average Bonchev–Trinajstić information content (AvgIpc) is 2.52. The van der Waals surface area contributed by atoms with E-state index < -0.39 is 0 Å². The largest absolute Gasteiger partial charge is 0.324 e. The third kappa shape index (κ3) is 4.20. The summed E-state index contributed by atoms with van der Waals surface area (Å²) in [5, 5.41) is 14.8. The van der Waals surface area contributed by atoms with E-state index in [1.165, 1.54) is 45.3 Å². The lowest BCUT2D eigenvalue weighted by Crippen LogP contribution is -2.65. The van der Waals surface area contributed by atoms with E-state index in [4.69, 9.17) is 5.73 Å². The first kappa shape index (κ1) is 16.7. The Morgan fingerprint density at radius 1 is 1.05 bits per heavy atom. The van der Waals surface area contributed by atoms with Gasteiger partial charge in [-0.15, -0.1) is 0 Å². The predicted octanol–water partition coefficient (Wildman–Crippen LogP) is 0.227. The minimum Gasteiger partial charge on any atom is -0.324 e. The van der Waals surface area contributed by atoms with E-state index in [1.807, 2.05) is 0 Å². The van der Waals surface area contributed by atoms with Crippen molar-refractivity contribution >= 4 is 0 Å². The number of hydrogen-bond donors (Lipinski definition) is 5. The minimum absolute atomic E-state index is 0.147. The summed E-state index contributed by atoms with van der Waals surface area (Å²) in [7, 11) is 0. The molecule has 0 radical (unpaired) electrons. The Morgan fingerprint density at radius 3 is 2.50 bits per heavy atom. The number of piperidine rings is 3. The van der Waals surface area contributed by atoms with Crippen molar-refractivity contribution in [1.82, 2.24) is 21.3 Å². The van der Waals surface area contributed by atoms with Crippen LogP contribution >= 0.6 is 0 Å². The maximum absolute atomic E-state index is 6.19. The molecule has 6 N–H and O–H groups in total. The molecule has 4 unspecified atom stereocenters. The van der Waals surface area contributed by atoms with Crippen molar-refractivity contribution in [3.8, 4) is 0 Å². The second kappa shape index (κ2) is 7.14. The molecule has 0 amide bonds. The van der Waals surface area contributed by atoms with Crippen molar-refractivity contribution in [1.29, 1.82) is 0 Å². The fraction of sp³-hybridized carbons (Fsp3) is 1.00. The first-order valence-corrected chi connectivity index (χ1v) is 9.23. The van der Waals surface area contributed by atoms with Crippen LogP contribution in [0, 0.1) is 17.8 Å². The molecule has 3 heterocycles. The molecule has 3 saturated heterocycles. The van der Waals surface area contributed by atoms with Gasteiger partial charge in [0.05, 0.1) is 6.17 Å². The van der Waals surface area contributed by atoms with Crippen LogP contribution in [0.1, 0.15) is 39.5 Å². The molecule has 0 aromatic carbocycles. The van der Waals surface area contributed by atoms with Crippen LogP contribution in [0.2, 0.25) is 0 Å². The Morgan fingerprint density at radius 2 is 1.77 bits per heavy atom. The van der Waals surface area contributed by atoms with Crippen molar-refractivity contribution < 1.29 is 0 Å². The molecule has 5 heteroatoms. The summed E-state index contributed by atoms with van der Waals surface area (Å²) in [5.41, 5.74) is 6.04. The number of fused-ring (bicyclic) bond motifs is 1. The predicted molar refractivity (Wildman–Crippen MR) is 91.7 cm³/mol. The van der Waals surface area contributed by atoms with Crippen LogP contribution in [-0.4, -0.2) is 50.5 Å². The zero-order valence-electron chi connectivity index (χ0n) is 14.3. The molecule has 3 rings (SSSR count). The molecule has 4 atom stereocenters. The van der Waals surface area contributed by atoms with Crippen LogP contribution in [-0.2, 0) is 0 Å². The summed E-state index contributed by atoms with van der Waals surface area (Å²) in [4.78, 5) is 0. The monoisotopic (exact) mass is 309 g/mol. The normalized spacial score (nSPS) is 37.8. The fourth-order valence-corrected chi connectivity index (χ4v) is 4.55. The van der Waals surface area contributed by atoms with Gasteiger partial charge in [0, 0.05) is 18.1 Å². The first-order chi connectivity index (χ1) is 10.5. The van der Waals surface area contributed by atoms with E-state index in [0.717, 1.165) is 30.8 Å². The second-order valence-electron chi connectivity index (χ2n) is 8.36. The highest BCUT2D eigenvalue weighted by molar-refractivity contribution is 4.97. The molecule has 0 saturated carbocycles. The van der Waals surface area contributed by atoms with Crippen LogP contribution in [0.25, 0.3) is 0 Å². The van der Waals surface area contributed by atoms with Gasteiger partial charge in [0.1, 0.15) is 0 Å². The zero-order chi connectivity index (χ0) is 15.6. The molecule has 5 nitrogen and oxygen atoms in total. The third-order valence-corrected chi connectivity index (χ3v) is 5.78. The van der Waals surface area contributed by atoms with Gasteiger partial charge < -0.3 is 16.4 Å². The van der Waals surface area contributed by atoms with Gasteiger partial charge >= 0.3 is 0 Å². The zero-order valence-corrected chi connectivity index (χ0v) is 14.3. The number of hydrogen-bond acceptors (Lipinski definition) is 5. The summed E-state index contributed by atoms with van der Waals surface area (Å²) >= 11 is 0. The van der Waals surface area contributed by atoms with Crippen molar-refractivity contribution in [2.45, 2.75) is 57.3 Å². The van der Waals surface area contributed by atoms with Gasteiger partial charge in [0.2, 0.25) is 0 Å². The molecule has 3 fully saturated rings. The third-order valence-electron chi connectivity index (χ3n) is 5.78. The van der Waals surface area contributed by atoms with E-state index in [-0.39, 0.29) is 5.54 Å². The highest BCUT2D eigenvalue weighted by Crippen LogP contribution is 2.34. The molecule has 0 aromatic rings. The molecule has 0 spiro atoms. The topological polar surface area (TPSA) is 74.1 Å². The lowest BCUT2D eigenvalue weighted by molar-refractivity contribution is 0.0669. The lowest BCUT2D eigenvalue weighted by atomic mass is 9.73. The first-order valence-electron chi connectivity index (χ1n) is 9.23. The highest BCUT2D eigenvalue weighted by atomic mass is 15.2. The SMILES string of the molecule is CC(C)(N)CNC1NC(C2CCNCC2)CC2CNCCC21. The van der Waals surface area contributed by atoms with Gasteiger partial charge in [-0.1, -0.05) is 0 Å². The number of nitrogens with one attached hydrogen (secondary N) is 4. The van der Waals surface area contributed by atoms with Crippen LogP contribution in [0.4, 0.5) is 0 Å². The Kier molecular flexibility index (Phi) is 5.40. The Bertz CT molecular complexity index is 347. The van der Waals surface area contributed by atoms with E-state index in [2.05, 4.69) is 35.1 Å². The Balaban J connectivity index is 1.64. The molecule has 0 bridgehead atoms. The summed E-state index contributed by atoms with van der Waals surface area (Å²) in [6, 6.07) is 0.668. The van der Waals surface area contributed by atoms with E-state index in [0.29, 0.717) is 12.2 Å². The van der Waals surface area contributed by atoms with Crippen LogP contribution < -0.4 is 27.0 Å². The Labute approximate surface area is 135 Å². The number of rotatable bonds is 4. The summed E-state index contributed by atoms with van der Waals surface area (Å²) < 4.78 is 0. The number of nitrogens with two attached hydrogens (primary N) is 1. The molecule has 22 heavy (non-hydrogen) atoms. The minimum atomic E-state index is -0.147. The van der Waals surface area contributed by atoms with Gasteiger partial charge in [-0.25, -0.2) is 0 Å². The van der Waals surface area contributed by atoms with Crippen LogP contribution in [0.3, 0.4) is 0 Å². The van der Waals surface area contributed by atoms with Crippen molar-refractivity contribution in [3.05, 3.63) is 0 Å². The van der Waals surface area contributed by atoms with Gasteiger partial charge in [-0.05, 0) is 83.5 Å². The van der Waals surface area contributed by atoms with E-state index in [1.54, 1.807) is 0 Å². The maximum atomic E-state index is 6.19. The maximum Gasteiger partial charge on any atom is 0.0607 e. The molecule has 3 aliphatic heterocycles. The van der Waals surface area contributed by atoms with E-state index in [9.17, 15) is 0 Å². The van der Waals surface area contributed by atoms with Crippen molar-refractivity contribution in [2.24, 2.45) is 23.5 Å². The quantitative estimate of drug-likeness (QED) is 0.514. The molecule has 3 aliphatic rings.